The van der Waals surface area contributed by atoms with Gasteiger partial charge in [-0.25, -0.2) is 12.7 Å². The van der Waals surface area contributed by atoms with E-state index in [1.807, 2.05) is 20.8 Å². The number of nitrogens with one attached hydrogen (secondary N) is 2. The Bertz CT molecular complexity index is 829. The van der Waals surface area contributed by atoms with Crippen LogP contribution in [0.3, 0.4) is 0 Å². The lowest BCUT2D eigenvalue weighted by atomic mass is 10.1. The summed E-state index contributed by atoms with van der Waals surface area (Å²) < 4.78 is 25.5. The molecule has 1 saturated heterocycles. The van der Waals surface area contributed by atoms with E-state index in [0.717, 1.165) is 22.2 Å². The van der Waals surface area contributed by atoms with Gasteiger partial charge in [0.1, 0.15) is 0 Å². The lowest BCUT2D eigenvalue weighted by Gasteiger charge is -2.23. The summed E-state index contributed by atoms with van der Waals surface area (Å²) in [7, 11) is -0.567. The second-order valence-corrected chi connectivity index (χ2v) is 10.8. The topological polar surface area (TPSA) is 91.2 Å². The standard InChI is InChI=1S/C20H32N4O4S/c1-20(2,3)21-18(25)15-23-11-6-12-24(14-13-23)19(26)16-7-9-17(10-8-16)29(27,28)22(4)5/h7-10H,6,11-15H2,1-5H3,(H,21,25)/p+1. The van der Waals surface area contributed by atoms with Crippen LogP contribution in [0.4, 0.5) is 0 Å². The third-order valence-corrected chi connectivity index (χ3v) is 6.61. The first-order chi connectivity index (χ1) is 13.4. The van der Waals surface area contributed by atoms with Gasteiger partial charge in [-0.2, -0.15) is 0 Å². The fourth-order valence-corrected chi connectivity index (χ4v) is 4.18. The lowest BCUT2D eigenvalue weighted by Crippen LogP contribution is -3.13. The molecule has 0 aromatic heterocycles. The predicted molar refractivity (Wildman–Crippen MR) is 111 cm³/mol. The van der Waals surface area contributed by atoms with Crippen LogP contribution in [0.15, 0.2) is 29.2 Å². The summed E-state index contributed by atoms with van der Waals surface area (Å²) >= 11 is 0. The summed E-state index contributed by atoms with van der Waals surface area (Å²) in [4.78, 5) is 28.1. The molecule has 1 fully saturated rings. The molecule has 1 aromatic carbocycles. The van der Waals surface area contributed by atoms with Gasteiger partial charge >= 0.3 is 0 Å². The zero-order valence-corrected chi connectivity index (χ0v) is 18.8. The number of sulfonamides is 1. The normalized spacial score (nSPS) is 18.4. The van der Waals surface area contributed by atoms with E-state index in [9.17, 15) is 18.0 Å². The number of quaternary nitrogens is 1. The second-order valence-electron chi connectivity index (χ2n) is 8.68. The van der Waals surface area contributed by atoms with Crippen molar-refractivity contribution in [3.8, 4) is 0 Å². The van der Waals surface area contributed by atoms with E-state index < -0.39 is 10.0 Å². The lowest BCUT2D eigenvalue weighted by molar-refractivity contribution is -0.889. The van der Waals surface area contributed by atoms with Gasteiger partial charge in [0.2, 0.25) is 10.0 Å². The van der Waals surface area contributed by atoms with Crippen molar-refractivity contribution in [2.45, 2.75) is 37.6 Å². The van der Waals surface area contributed by atoms with Crippen LogP contribution in [-0.2, 0) is 14.8 Å². The fourth-order valence-electron chi connectivity index (χ4n) is 3.28. The van der Waals surface area contributed by atoms with Crippen molar-refractivity contribution in [2.75, 3.05) is 46.8 Å². The molecule has 1 heterocycles. The minimum Gasteiger partial charge on any atom is -0.347 e. The highest BCUT2D eigenvalue weighted by molar-refractivity contribution is 7.89. The molecule has 1 aromatic rings. The van der Waals surface area contributed by atoms with E-state index in [1.54, 1.807) is 17.0 Å². The average Bonchev–Trinajstić information content (AvgIpc) is 2.85. The highest BCUT2D eigenvalue weighted by atomic mass is 32.2. The number of amides is 2. The first-order valence-electron chi connectivity index (χ1n) is 9.86. The van der Waals surface area contributed by atoms with Crippen molar-refractivity contribution in [3.05, 3.63) is 29.8 Å². The van der Waals surface area contributed by atoms with Crippen molar-refractivity contribution in [1.29, 1.82) is 0 Å². The van der Waals surface area contributed by atoms with Gasteiger partial charge in [0.15, 0.2) is 6.54 Å². The molecule has 0 aliphatic carbocycles. The van der Waals surface area contributed by atoms with Crippen molar-refractivity contribution in [3.63, 3.8) is 0 Å². The summed E-state index contributed by atoms with van der Waals surface area (Å²) in [6.07, 6.45) is 0.816. The number of nitrogens with zero attached hydrogens (tertiary/aromatic N) is 2. The Morgan fingerprint density at radius 1 is 1.10 bits per heavy atom. The average molecular weight is 426 g/mol. The molecule has 162 valence electrons. The molecule has 0 saturated carbocycles. The molecule has 2 N–H and O–H groups in total. The van der Waals surface area contributed by atoms with Crippen LogP contribution in [0.25, 0.3) is 0 Å². The Morgan fingerprint density at radius 2 is 1.72 bits per heavy atom. The fraction of sp³-hybridized carbons (Fsp3) is 0.600. The van der Waals surface area contributed by atoms with Gasteiger partial charge in [0.05, 0.1) is 24.5 Å². The second kappa shape index (κ2) is 9.23. The Kier molecular flexibility index (Phi) is 7.42. The zero-order valence-electron chi connectivity index (χ0n) is 18.0. The maximum atomic E-state index is 12.8. The molecular weight excluding hydrogens is 392 g/mol. The molecule has 0 radical (unpaired) electrons. The van der Waals surface area contributed by atoms with Crippen LogP contribution in [0.1, 0.15) is 37.6 Å². The van der Waals surface area contributed by atoms with Crippen LogP contribution in [0.5, 0.6) is 0 Å². The highest BCUT2D eigenvalue weighted by Gasteiger charge is 2.25. The maximum absolute atomic E-state index is 12.8. The van der Waals surface area contributed by atoms with E-state index in [1.165, 1.54) is 26.2 Å². The van der Waals surface area contributed by atoms with Crippen molar-refractivity contribution < 1.29 is 22.9 Å². The quantitative estimate of drug-likeness (QED) is 0.671. The minimum atomic E-state index is -3.51. The number of hydrogen-bond acceptors (Lipinski definition) is 4. The maximum Gasteiger partial charge on any atom is 0.275 e. The van der Waals surface area contributed by atoms with Crippen LogP contribution in [-0.4, -0.2) is 81.8 Å². The Morgan fingerprint density at radius 3 is 2.28 bits per heavy atom. The summed E-state index contributed by atoms with van der Waals surface area (Å²) in [5.41, 5.74) is 0.216. The third-order valence-electron chi connectivity index (χ3n) is 4.79. The van der Waals surface area contributed by atoms with Gasteiger partial charge in [0.25, 0.3) is 11.8 Å². The largest absolute Gasteiger partial charge is 0.347 e. The Balaban J connectivity index is 1.98. The number of benzene rings is 1. The smallest absolute Gasteiger partial charge is 0.275 e. The van der Waals surface area contributed by atoms with E-state index in [0.29, 0.717) is 31.7 Å². The van der Waals surface area contributed by atoms with E-state index >= 15 is 0 Å². The molecule has 1 aliphatic heterocycles. The van der Waals surface area contributed by atoms with Gasteiger partial charge < -0.3 is 15.1 Å². The van der Waals surface area contributed by atoms with Gasteiger partial charge in [-0.05, 0) is 45.0 Å². The van der Waals surface area contributed by atoms with Gasteiger partial charge in [-0.3, -0.25) is 9.59 Å². The summed E-state index contributed by atoms with van der Waals surface area (Å²) in [5.74, 6) is -0.0934. The molecule has 2 rings (SSSR count). The zero-order chi connectivity index (χ0) is 21.8. The molecule has 0 spiro atoms. The van der Waals surface area contributed by atoms with E-state index in [4.69, 9.17) is 0 Å². The predicted octanol–water partition coefficient (Wildman–Crippen LogP) is -0.418. The Labute approximate surface area is 173 Å². The Hall–Kier alpha value is -1.97. The number of rotatable bonds is 5. The first-order valence-corrected chi connectivity index (χ1v) is 11.3. The molecular formula is C20H33N4O4S+. The number of carbonyl (C=O) groups is 2. The summed E-state index contributed by atoms with van der Waals surface area (Å²) in [5, 5.41) is 2.98. The van der Waals surface area contributed by atoms with Crippen molar-refractivity contribution >= 4 is 21.8 Å². The minimum absolute atomic E-state index is 0.0185. The number of carbonyl (C=O) groups excluding carboxylic acids is 2. The van der Waals surface area contributed by atoms with E-state index in [2.05, 4.69) is 5.32 Å². The van der Waals surface area contributed by atoms with Crippen molar-refractivity contribution in [2.24, 2.45) is 0 Å². The third kappa shape index (κ3) is 6.52. The van der Waals surface area contributed by atoms with Crippen LogP contribution in [0, 0.1) is 0 Å². The van der Waals surface area contributed by atoms with Crippen molar-refractivity contribution in [1.82, 2.24) is 14.5 Å². The molecule has 8 nitrogen and oxygen atoms in total. The highest BCUT2D eigenvalue weighted by Crippen LogP contribution is 2.15. The molecule has 1 unspecified atom stereocenters. The molecule has 1 atom stereocenters. The first kappa shape index (κ1) is 23.3. The van der Waals surface area contributed by atoms with Gasteiger partial charge in [0, 0.05) is 38.2 Å². The molecule has 2 amide bonds. The van der Waals surface area contributed by atoms with E-state index in [-0.39, 0.29) is 22.2 Å². The van der Waals surface area contributed by atoms with Crippen LogP contribution >= 0.6 is 0 Å². The molecule has 9 heteroatoms. The van der Waals surface area contributed by atoms with Crippen LogP contribution < -0.4 is 10.2 Å². The van der Waals surface area contributed by atoms with Crippen LogP contribution in [0.2, 0.25) is 0 Å². The summed E-state index contributed by atoms with van der Waals surface area (Å²) in [6, 6.07) is 6.06. The number of hydrogen-bond donors (Lipinski definition) is 2. The van der Waals surface area contributed by atoms with Gasteiger partial charge in [-0.1, -0.05) is 0 Å². The molecule has 1 aliphatic rings. The molecule has 0 bridgehead atoms. The SMILES string of the molecule is CN(C)S(=O)(=O)c1ccc(C(=O)N2CCC[NH+](CC(=O)NC(C)(C)C)CC2)cc1. The monoisotopic (exact) mass is 425 g/mol. The molecule has 29 heavy (non-hydrogen) atoms. The van der Waals surface area contributed by atoms with Gasteiger partial charge in [-0.15, -0.1) is 0 Å². The summed E-state index contributed by atoms with van der Waals surface area (Å²) in [6.45, 7) is 9.00.